The average molecular weight is 543 g/mol. The number of allylic oxidation sites excluding steroid dienone is 2. The fourth-order valence-electron chi connectivity index (χ4n) is 8.61. The summed E-state index contributed by atoms with van der Waals surface area (Å²) < 4.78 is 22.7. The average Bonchev–Trinajstić information content (AvgIpc) is 3.23. The second-order valence-corrected chi connectivity index (χ2v) is 11.6. The van der Waals surface area contributed by atoms with E-state index < -0.39 is 82.3 Å². The smallest absolute Gasteiger partial charge is 0.348 e. The van der Waals surface area contributed by atoms with Crippen molar-refractivity contribution >= 4 is 23.7 Å². The lowest BCUT2D eigenvalue weighted by atomic mass is 9.38. The molecule has 208 valence electrons. The highest BCUT2D eigenvalue weighted by Gasteiger charge is 2.85. The van der Waals surface area contributed by atoms with Crippen LogP contribution >= 0.6 is 0 Å². The molecule has 5 aliphatic rings. The lowest BCUT2D eigenvalue weighted by Gasteiger charge is -2.67. The Morgan fingerprint density at radius 3 is 2.46 bits per heavy atom. The maximum absolute atomic E-state index is 13.5. The van der Waals surface area contributed by atoms with E-state index in [9.17, 15) is 34.5 Å². The van der Waals surface area contributed by atoms with Gasteiger partial charge in [-0.2, -0.15) is 0 Å². The molecule has 0 unspecified atom stereocenters. The Labute approximate surface area is 223 Å². The standard InChI is InChI=1S/C28H30O11/c1-12-14-9-16-27-11-37-28(25(35)36-3,22(32)18(31)20(27)26(14,2)10-15(29)17(12)30)21(27)19(24(34)38-16)39-23(33)13-7-5-4-6-8-13/h4-8,14,16,18-22,30-32H,9-11H2,1-3H3/t14-,16+,18+,19+,20-,21-,22-,26-,27+,28-/m0/s1. The molecular weight excluding hydrogens is 512 g/mol. The zero-order chi connectivity index (χ0) is 28.1. The van der Waals surface area contributed by atoms with E-state index in [0.717, 1.165) is 7.11 Å². The molecule has 39 heavy (non-hydrogen) atoms. The van der Waals surface area contributed by atoms with Crippen LogP contribution < -0.4 is 0 Å². The number of carbonyl (C=O) groups excluding carboxylic acids is 4. The molecule has 6 rings (SSSR count). The van der Waals surface area contributed by atoms with Crippen molar-refractivity contribution in [3.63, 3.8) is 0 Å². The van der Waals surface area contributed by atoms with Crippen LogP contribution in [0.3, 0.4) is 0 Å². The second kappa shape index (κ2) is 8.36. The molecule has 0 radical (unpaired) electrons. The highest BCUT2D eigenvalue weighted by atomic mass is 16.6. The van der Waals surface area contributed by atoms with Crippen molar-refractivity contribution in [2.75, 3.05) is 13.7 Å². The van der Waals surface area contributed by atoms with E-state index in [1.54, 1.807) is 32.0 Å². The third-order valence-electron chi connectivity index (χ3n) is 10.1. The monoisotopic (exact) mass is 542 g/mol. The van der Waals surface area contributed by atoms with Crippen molar-refractivity contribution < 1.29 is 53.4 Å². The van der Waals surface area contributed by atoms with Crippen LogP contribution in [0.2, 0.25) is 0 Å². The van der Waals surface area contributed by atoms with Gasteiger partial charge in [0.1, 0.15) is 12.2 Å². The first-order valence-electron chi connectivity index (χ1n) is 12.9. The minimum Gasteiger partial charge on any atom is -0.504 e. The van der Waals surface area contributed by atoms with Gasteiger partial charge in [0.25, 0.3) is 0 Å². The Morgan fingerprint density at radius 2 is 1.79 bits per heavy atom. The number of methoxy groups -OCH3 is 1. The predicted octanol–water partition coefficient (Wildman–Crippen LogP) is 0.865. The zero-order valence-electron chi connectivity index (χ0n) is 21.7. The van der Waals surface area contributed by atoms with Gasteiger partial charge in [0.15, 0.2) is 11.5 Å². The summed E-state index contributed by atoms with van der Waals surface area (Å²) in [6, 6.07) is 7.96. The highest BCUT2D eigenvalue weighted by Crippen LogP contribution is 2.72. The zero-order valence-corrected chi connectivity index (χ0v) is 21.7. The van der Waals surface area contributed by atoms with Crippen LogP contribution in [0.1, 0.15) is 37.0 Å². The molecule has 11 heteroatoms. The van der Waals surface area contributed by atoms with E-state index in [-0.39, 0.29) is 30.8 Å². The van der Waals surface area contributed by atoms with Crippen molar-refractivity contribution in [2.45, 2.75) is 56.7 Å². The molecule has 4 fully saturated rings. The van der Waals surface area contributed by atoms with Crippen LogP contribution in [0.15, 0.2) is 41.7 Å². The van der Waals surface area contributed by atoms with Crippen molar-refractivity contribution in [2.24, 2.45) is 28.6 Å². The number of aliphatic hydroxyl groups is 3. The van der Waals surface area contributed by atoms with Crippen molar-refractivity contribution in [3.05, 3.63) is 47.2 Å². The largest absolute Gasteiger partial charge is 0.504 e. The molecule has 1 spiro atoms. The van der Waals surface area contributed by atoms with Crippen LogP contribution in [0, 0.1) is 28.6 Å². The second-order valence-electron chi connectivity index (χ2n) is 11.6. The van der Waals surface area contributed by atoms with Gasteiger partial charge in [-0.3, -0.25) is 4.79 Å². The normalized spacial score (nSPS) is 44.2. The number of hydrogen-bond donors (Lipinski definition) is 3. The van der Waals surface area contributed by atoms with Crippen LogP contribution in [0.25, 0.3) is 0 Å². The summed E-state index contributed by atoms with van der Waals surface area (Å²) in [5.41, 5.74) is -4.02. The fourth-order valence-corrected chi connectivity index (χ4v) is 8.61. The molecule has 1 aromatic carbocycles. The molecule has 0 amide bonds. The fraction of sp³-hybridized carbons (Fsp3) is 0.571. The Kier molecular flexibility index (Phi) is 5.57. The Hall–Kier alpha value is -3.28. The number of carbonyl (C=O) groups is 4. The minimum atomic E-state index is -2.24. The van der Waals surface area contributed by atoms with E-state index in [0.29, 0.717) is 5.57 Å². The molecule has 2 heterocycles. The molecule has 2 bridgehead atoms. The highest BCUT2D eigenvalue weighted by molar-refractivity contribution is 5.96. The van der Waals surface area contributed by atoms with Crippen LogP contribution in [-0.4, -0.2) is 82.7 Å². The molecule has 10 atom stereocenters. The molecule has 0 aromatic heterocycles. The van der Waals surface area contributed by atoms with Crippen molar-refractivity contribution in [3.8, 4) is 0 Å². The van der Waals surface area contributed by atoms with Gasteiger partial charge < -0.3 is 34.3 Å². The number of benzene rings is 1. The lowest BCUT2D eigenvalue weighted by molar-refractivity contribution is -0.288. The molecular formula is C28H30O11. The van der Waals surface area contributed by atoms with E-state index in [1.807, 2.05) is 0 Å². The van der Waals surface area contributed by atoms with Gasteiger partial charge in [0.2, 0.25) is 11.7 Å². The third kappa shape index (κ3) is 3.03. The maximum atomic E-state index is 13.5. The van der Waals surface area contributed by atoms with Crippen molar-refractivity contribution in [1.82, 2.24) is 0 Å². The molecule has 2 saturated carbocycles. The first-order valence-corrected chi connectivity index (χ1v) is 12.9. The summed E-state index contributed by atoms with van der Waals surface area (Å²) in [6.45, 7) is 3.18. The number of Topliss-reactive ketones (excluding diaryl/α,β-unsaturated/α-hetero) is 1. The van der Waals surface area contributed by atoms with Gasteiger partial charge in [0.05, 0.1) is 31.3 Å². The number of rotatable bonds is 3. The number of ether oxygens (including phenoxy) is 4. The third-order valence-corrected chi connectivity index (χ3v) is 10.1. The first-order chi connectivity index (χ1) is 18.4. The van der Waals surface area contributed by atoms with Crippen LogP contribution in [-0.2, 0) is 33.3 Å². The van der Waals surface area contributed by atoms with Gasteiger partial charge in [0, 0.05) is 17.8 Å². The summed E-state index contributed by atoms with van der Waals surface area (Å²) in [6.07, 6.45) is -6.07. The van der Waals surface area contributed by atoms with Gasteiger partial charge >= 0.3 is 17.9 Å². The Balaban J connectivity index is 1.55. The number of aliphatic hydroxyl groups excluding tert-OH is 3. The van der Waals surface area contributed by atoms with Crippen molar-refractivity contribution in [1.29, 1.82) is 0 Å². The lowest BCUT2D eigenvalue weighted by Crippen LogP contribution is -2.79. The van der Waals surface area contributed by atoms with Gasteiger partial charge in [-0.05, 0) is 42.4 Å². The molecule has 1 aromatic rings. The van der Waals surface area contributed by atoms with Gasteiger partial charge in [-0.1, -0.05) is 25.1 Å². The molecule has 2 aliphatic heterocycles. The van der Waals surface area contributed by atoms with Crippen LogP contribution in [0.5, 0.6) is 0 Å². The number of ketones is 1. The van der Waals surface area contributed by atoms with E-state index in [2.05, 4.69) is 0 Å². The molecule has 2 saturated heterocycles. The van der Waals surface area contributed by atoms with E-state index in [1.165, 1.54) is 12.1 Å². The summed E-state index contributed by atoms with van der Waals surface area (Å²) in [7, 11) is 1.09. The molecule has 3 aliphatic carbocycles. The van der Waals surface area contributed by atoms with Gasteiger partial charge in [-0.15, -0.1) is 0 Å². The summed E-state index contributed by atoms with van der Waals surface area (Å²) in [4.78, 5) is 53.0. The quantitative estimate of drug-likeness (QED) is 0.366. The maximum Gasteiger partial charge on any atom is 0.348 e. The topological polar surface area (TPSA) is 166 Å². The van der Waals surface area contributed by atoms with Crippen LogP contribution in [0.4, 0.5) is 0 Å². The minimum absolute atomic E-state index is 0.149. The van der Waals surface area contributed by atoms with Gasteiger partial charge in [-0.25, -0.2) is 14.4 Å². The SMILES string of the molecule is COC(=O)[C@]12OC[C@@]34[C@@H]1[C@@H](OC(=O)c1ccccc1)C(=O)O[C@@H]3C[C@H]1C(C)=C(O)C(=O)C[C@]1(C)[C@@H]4[C@@H](O)[C@@H]2O. The van der Waals surface area contributed by atoms with E-state index >= 15 is 0 Å². The summed E-state index contributed by atoms with van der Waals surface area (Å²) >= 11 is 0. The number of hydrogen-bond acceptors (Lipinski definition) is 11. The summed E-state index contributed by atoms with van der Waals surface area (Å²) in [5.74, 6) is -6.38. The molecule has 11 nitrogen and oxygen atoms in total. The summed E-state index contributed by atoms with van der Waals surface area (Å²) in [5, 5.41) is 33.8. The Bertz CT molecular complexity index is 1310. The van der Waals surface area contributed by atoms with E-state index in [4.69, 9.17) is 18.9 Å². The number of fused-ring (bicyclic) bond motifs is 2. The predicted molar refractivity (Wildman–Crippen MR) is 129 cm³/mol. The Morgan fingerprint density at radius 1 is 1.10 bits per heavy atom. The first kappa shape index (κ1) is 26.0. The number of esters is 3. The molecule has 3 N–H and O–H groups in total.